The highest BCUT2D eigenvalue weighted by Crippen LogP contribution is 2.33. The lowest BCUT2D eigenvalue weighted by molar-refractivity contribution is -0.901. The molecule has 1 aromatic carbocycles. The molecular weight excluding hydrogens is 248 g/mol. The van der Waals surface area contributed by atoms with E-state index in [1.807, 2.05) is 18.2 Å². The molecule has 2 heterocycles. The number of phenols is 1. The Hall–Kier alpha value is -1.32. The van der Waals surface area contributed by atoms with Crippen LogP contribution in [0, 0.1) is 0 Å². The molecule has 0 aliphatic carbocycles. The van der Waals surface area contributed by atoms with Crippen LogP contribution in [0.3, 0.4) is 0 Å². The van der Waals surface area contributed by atoms with E-state index in [9.17, 15) is 5.11 Å². The van der Waals surface area contributed by atoms with Crippen LogP contribution in [0.1, 0.15) is 18.4 Å². The summed E-state index contributed by atoms with van der Waals surface area (Å²) >= 11 is 6.08. The monoisotopic (exact) mass is 263 g/mol. The van der Waals surface area contributed by atoms with Crippen LogP contribution < -0.4 is 4.90 Å². The largest absolute Gasteiger partial charge is 0.504 e. The van der Waals surface area contributed by atoms with Gasteiger partial charge in [0, 0.05) is 30.0 Å². The summed E-state index contributed by atoms with van der Waals surface area (Å²) in [5.74, 6) is 0.0902. The lowest BCUT2D eigenvalue weighted by Crippen LogP contribution is -3.08. The normalized spacial score (nSPS) is 16.5. The first kappa shape index (κ1) is 11.8. The zero-order chi connectivity index (χ0) is 12.5. The van der Waals surface area contributed by atoms with Gasteiger partial charge in [-0.3, -0.25) is 4.98 Å². The Morgan fingerprint density at radius 3 is 2.89 bits per heavy atom. The highest BCUT2D eigenvalue weighted by molar-refractivity contribution is 6.33. The molecule has 0 spiro atoms. The summed E-state index contributed by atoms with van der Waals surface area (Å²) in [6.07, 6.45) is 4.29. The number of aromatic nitrogens is 1. The summed E-state index contributed by atoms with van der Waals surface area (Å²) < 4.78 is 0. The Morgan fingerprint density at radius 1 is 1.33 bits per heavy atom. The van der Waals surface area contributed by atoms with E-state index in [1.165, 1.54) is 31.5 Å². The minimum absolute atomic E-state index is 0.0902. The fourth-order valence-electron chi connectivity index (χ4n) is 2.73. The summed E-state index contributed by atoms with van der Waals surface area (Å²) in [6.45, 7) is 3.41. The number of nitrogens with zero attached hydrogens (tertiary/aromatic N) is 1. The molecule has 0 unspecified atom stereocenters. The number of hydrogen-bond donors (Lipinski definition) is 2. The van der Waals surface area contributed by atoms with Gasteiger partial charge in [0.05, 0.1) is 18.1 Å². The van der Waals surface area contributed by atoms with Gasteiger partial charge in [-0.25, -0.2) is 0 Å². The molecule has 1 aliphatic rings. The molecule has 1 fully saturated rings. The molecule has 1 aromatic heterocycles. The number of halogens is 1. The Labute approximate surface area is 111 Å². The molecule has 1 saturated heterocycles. The number of phenolic OH excluding ortho intramolecular Hbond substituents is 1. The van der Waals surface area contributed by atoms with E-state index in [-0.39, 0.29) is 5.75 Å². The van der Waals surface area contributed by atoms with Crippen LogP contribution in [0.4, 0.5) is 0 Å². The Bertz CT molecular complexity index is 579. The van der Waals surface area contributed by atoms with E-state index < -0.39 is 0 Å². The van der Waals surface area contributed by atoms with Crippen LogP contribution in [0.2, 0.25) is 5.02 Å². The van der Waals surface area contributed by atoms with Crippen LogP contribution in [0.15, 0.2) is 24.4 Å². The summed E-state index contributed by atoms with van der Waals surface area (Å²) in [7, 11) is 0. The molecule has 4 heteroatoms. The van der Waals surface area contributed by atoms with Crippen molar-refractivity contribution in [3.05, 3.63) is 35.0 Å². The van der Waals surface area contributed by atoms with E-state index in [2.05, 4.69) is 4.98 Å². The average Bonchev–Trinajstić information content (AvgIpc) is 2.89. The zero-order valence-corrected chi connectivity index (χ0v) is 10.9. The van der Waals surface area contributed by atoms with Crippen LogP contribution in [-0.2, 0) is 6.54 Å². The predicted octanol–water partition coefficient (Wildman–Crippen LogP) is 1.77. The number of hydrogen-bond acceptors (Lipinski definition) is 2. The minimum atomic E-state index is 0.0902. The zero-order valence-electron chi connectivity index (χ0n) is 10.1. The lowest BCUT2D eigenvalue weighted by Gasteiger charge is -2.14. The number of aromatic hydroxyl groups is 1. The molecule has 18 heavy (non-hydrogen) atoms. The molecule has 3 rings (SSSR count). The summed E-state index contributed by atoms with van der Waals surface area (Å²) in [5, 5.41) is 11.4. The number of likely N-dealkylation sites (tertiary alicyclic amines) is 1. The molecule has 0 amide bonds. The Kier molecular flexibility index (Phi) is 3.10. The van der Waals surface area contributed by atoms with Crippen molar-refractivity contribution in [1.82, 2.24) is 4.98 Å². The molecule has 3 nitrogen and oxygen atoms in total. The van der Waals surface area contributed by atoms with Crippen molar-refractivity contribution in [2.45, 2.75) is 19.4 Å². The predicted molar refractivity (Wildman–Crippen MR) is 72.1 cm³/mol. The van der Waals surface area contributed by atoms with Gasteiger partial charge in [0.2, 0.25) is 0 Å². The summed E-state index contributed by atoms with van der Waals surface area (Å²) in [6, 6.07) is 5.79. The molecule has 0 radical (unpaired) electrons. The highest BCUT2D eigenvalue weighted by Gasteiger charge is 2.19. The lowest BCUT2D eigenvalue weighted by atomic mass is 10.1. The maximum Gasteiger partial charge on any atom is 0.160 e. The van der Waals surface area contributed by atoms with Crippen LogP contribution in [-0.4, -0.2) is 23.2 Å². The molecule has 2 aromatic rings. The van der Waals surface area contributed by atoms with E-state index in [0.29, 0.717) is 10.5 Å². The quantitative estimate of drug-likeness (QED) is 0.867. The first-order valence-corrected chi connectivity index (χ1v) is 6.72. The van der Waals surface area contributed by atoms with Crippen LogP contribution in [0.5, 0.6) is 5.75 Å². The second-order valence-corrected chi connectivity index (χ2v) is 5.31. The molecule has 2 N–H and O–H groups in total. The maximum atomic E-state index is 9.94. The van der Waals surface area contributed by atoms with Crippen LogP contribution >= 0.6 is 11.6 Å². The van der Waals surface area contributed by atoms with Crippen molar-refractivity contribution in [1.29, 1.82) is 0 Å². The SMILES string of the molecule is Oc1c(Cl)cc(C[NH+]2CCCC2)c2cccnc12. The van der Waals surface area contributed by atoms with E-state index in [0.717, 1.165) is 11.9 Å². The number of rotatable bonds is 2. The fourth-order valence-corrected chi connectivity index (χ4v) is 2.95. The first-order chi connectivity index (χ1) is 8.75. The minimum Gasteiger partial charge on any atom is -0.504 e. The number of pyridine rings is 1. The third-order valence-electron chi connectivity index (χ3n) is 3.66. The highest BCUT2D eigenvalue weighted by atomic mass is 35.5. The Balaban J connectivity index is 2.07. The second kappa shape index (κ2) is 4.75. The van der Waals surface area contributed by atoms with Crippen LogP contribution in [0.25, 0.3) is 10.9 Å². The topological polar surface area (TPSA) is 37.6 Å². The molecule has 0 saturated carbocycles. The smallest absolute Gasteiger partial charge is 0.160 e. The molecular formula is C14H16ClN2O+. The van der Waals surface area contributed by atoms with Gasteiger partial charge >= 0.3 is 0 Å². The van der Waals surface area contributed by atoms with Crippen molar-refractivity contribution in [3.8, 4) is 5.75 Å². The summed E-state index contributed by atoms with van der Waals surface area (Å²) in [5.41, 5.74) is 1.79. The van der Waals surface area contributed by atoms with Crippen molar-refractivity contribution in [2.24, 2.45) is 0 Å². The summed E-state index contributed by atoms with van der Waals surface area (Å²) in [4.78, 5) is 5.82. The molecule has 0 atom stereocenters. The van der Waals surface area contributed by atoms with Crippen molar-refractivity contribution in [3.63, 3.8) is 0 Å². The number of benzene rings is 1. The van der Waals surface area contributed by atoms with Gasteiger partial charge in [-0.15, -0.1) is 0 Å². The molecule has 0 bridgehead atoms. The number of fused-ring (bicyclic) bond motifs is 1. The van der Waals surface area contributed by atoms with Gasteiger partial charge in [-0.1, -0.05) is 17.7 Å². The van der Waals surface area contributed by atoms with Crippen molar-refractivity contribution in [2.75, 3.05) is 13.1 Å². The van der Waals surface area contributed by atoms with Gasteiger partial charge in [-0.2, -0.15) is 0 Å². The van der Waals surface area contributed by atoms with E-state index in [4.69, 9.17) is 11.6 Å². The van der Waals surface area contributed by atoms with Crippen molar-refractivity contribution < 1.29 is 10.0 Å². The maximum absolute atomic E-state index is 9.94. The average molecular weight is 264 g/mol. The van der Waals surface area contributed by atoms with Gasteiger partial charge in [0.15, 0.2) is 5.75 Å². The van der Waals surface area contributed by atoms with E-state index >= 15 is 0 Å². The Morgan fingerprint density at radius 2 is 2.11 bits per heavy atom. The van der Waals surface area contributed by atoms with Gasteiger partial charge in [0.1, 0.15) is 12.1 Å². The standard InChI is InChI=1S/C14H15ClN2O/c15-12-8-10(9-17-6-1-2-7-17)11-4-3-5-16-13(11)14(12)18/h3-5,8,18H,1-2,6-7,9H2/p+1. The fraction of sp³-hybridized carbons (Fsp3) is 0.357. The molecule has 94 valence electrons. The third kappa shape index (κ3) is 2.04. The third-order valence-corrected chi connectivity index (χ3v) is 3.94. The van der Waals surface area contributed by atoms with Crippen molar-refractivity contribution >= 4 is 22.5 Å². The first-order valence-electron chi connectivity index (χ1n) is 6.34. The second-order valence-electron chi connectivity index (χ2n) is 4.90. The van der Waals surface area contributed by atoms with Gasteiger partial charge in [0.25, 0.3) is 0 Å². The van der Waals surface area contributed by atoms with Gasteiger partial charge in [-0.05, 0) is 12.1 Å². The molecule has 1 aliphatic heterocycles. The van der Waals surface area contributed by atoms with Gasteiger partial charge < -0.3 is 10.0 Å². The number of quaternary nitrogens is 1. The number of nitrogens with one attached hydrogen (secondary N) is 1. The van der Waals surface area contributed by atoms with E-state index in [1.54, 1.807) is 11.1 Å².